The number of nitrogens with zero attached hydrogens (tertiary/aromatic N) is 2. The summed E-state index contributed by atoms with van der Waals surface area (Å²) >= 11 is 12.0. The minimum Gasteiger partial charge on any atom is -0.394 e. The van der Waals surface area contributed by atoms with Crippen LogP contribution in [0, 0.1) is 27.7 Å². The number of likely N-dealkylation sites (tertiary alicyclic amines) is 1. The van der Waals surface area contributed by atoms with Gasteiger partial charge in [-0.1, -0.05) is 35.3 Å². The quantitative estimate of drug-likeness (QED) is 0.370. The second kappa shape index (κ2) is 7.87. The Morgan fingerprint density at radius 3 is 2.61 bits per heavy atom. The third kappa shape index (κ3) is 3.17. The van der Waals surface area contributed by atoms with E-state index in [-0.39, 0.29) is 11.5 Å². The van der Waals surface area contributed by atoms with E-state index in [1.54, 1.807) is 17.0 Å². The number of halogens is 4. The minimum atomic E-state index is -1.71. The number of amides is 1. The lowest BCUT2D eigenvalue weighted by Crippen LogP contribution is -2.53. The van der Waals surface area contributed by atoms with Crippen molar-refractivity contribution in [1.29, 1.82) is 0 Å². The SMILES string of the molecule is O=C1Nc2cc(Cl)ccc2[C@@]12[C@@H](c1ccc(F)c(Cl)c1F)[C@H]([N+](=O)[O-])[C@H](CO)N2CC1CC1. The molecule has 2 aromatic rings. The topological polar surface area (TPSA) is 95.7 Å². The van der Waals surface area contributed by atoms with Gasteiger partial charge in [-0.25, -0.2) is 8.78 Å². The third-order valence-electron chi connectivity index (χ3n) is 7.01. The van der Waals surface area contributed by atoms with Crippen LogP contribution in [0.25, 0.3) is 0 Å². The highest BCUT2D eigenvalue weighted by Gasteiger charge is 2.71. The molecule has 174 valence electrons. The molecule has 11 heteroatoms. The summed E-state index contributed by atoms with van der Waals surface area (Å²) in [5, 5.41) is 24.9. The van der Waals surface area contributed by atoms with Crippen molar-refractivity contribution in [3.8, 4) is 0 Å². The van der Waals surface area contributed by atoms with Crippen LogP contribution in [0.4, 0.5) is 14.5 Å². The first kappa shape index (κ1) is 22.5. The molecule has 2 N–H and O–H groups in total. The van der Waals surface area contributed by atoms with Crippen molar-refractivity contribution in [3.63, 3.8) is 0 Å². The molecule has 5 rings (SSSR count). The zero-order valence-electron chi connectivity index (χ0n) is 17.1. The van der Waals surface area contributed by atoms with Gasteiger partial charge >= 0.3 is 0 Å². The van der Waals surface area contributed by atoms with Crippen LogP contribution in [-0.4, -0.2) is 46.1 Å². The number of fused-ring (bicyclic) bond motifs is 2. The molecule has 33 heavy (non-hydrogen) atoms. The van der Waals surface area contributed by atoms with E-state index in [2.05, 4.69) is 5.32 Å². The Kier molecular flexibility index (Phi) is 5.36. The summed E-state index contributed by atoms with van der Waals surface area (Å²) in [6.45, 7) is -0.318. The molecule has 1 spiro atoms. The Bertz CT molecular complexity index is 1180. The van der Waals surface area contributed by atoms with Gasteiger partial charge in [0, 0.05) is 33.3 Å². The van der Waals surface area contributed by atoms with E-state index >= 15 is 4.39 Å². The van der Waals surface area contributed by atoms with Crippen LogP contribution in [0.2, 0.25) is 10.0 Å². The zero-order chi connectivity index (χ0) is 23.7. The Labute approximate surface area is 197 Å². The van der Waals surface area contributed by atoms with Crippen molar-refractivity contribution in [1.82, 2.24) is 4.90 Å². The van der Waals surface area contributed by atoms with E-state index in [0.717, 1.165) is 25.0 Å². The molecule has 1 aliphatic carbocycles. The molecule has 1 saturated carbocycles. The number of aliphatic hydroxyl groups is 1. The number of nitro groups is 1. The van der Waals surface area contributed by atoms with Crippen molar-refractivity contribution in [2.24, 2.45) is 5.92 Å². The molecule has 2 aliphatic heterocycles. The van der Waals surface area contributed by atoms with Crippen LogP contribution in [0.3, 0.4) is 0 Å². The lowest BCUT2D eigenvalue weighted by Gasteiger charge is -2.38. The number of hydrogen-bond acceptors (Lipinski definition) is 5. The van der Waals surface area contributed by atoms with Crippen LogP contribution >= 0.6 is 23.2 Å². The third-order valence-corrected chi connectivity index (χ3v) is 7.59. The van der Waals surface area contributed by atoms with Gasteiger partial charge in [-0.3, -0.25) is 19.8 Å². The highest BCUT2D eigenvalue weighted by molar-refractivity contribution is 6.31. The number of carbonyl (C=O) groups excluding carboxylic acids is 1. The fourth-order valence-electron chi connectivity index (χ4n) is 5.50. The maximum absolute atomic E-state index is 15.4. The Hall–Kier alpha value is -2.33. The van der Waals surface area contributed by atoms with E-state index in [9.17, 15) is 24.4 Å². The van der Waals surface area contributed by atoms with Crippen molar-refractivity contribution in [3.05, 3.63) is 73.3 Å². The molecule has 2 fully saturated rings. The standard InChI is InChI=1S/C22H19Cl2F2N3O4/c23-11-3-5-13-15(7-11)27-21(31)22(13)17(12-4-6-14(25)18(24)19(12)26)20(29(32)33)16(9-30)28(22)8-10-1-2-10/h3-7,10,16-17,20,30H,1-2,8-9H2,(H,27,31)/t16-,17-,20+,22+/m0/s1. The van der Waals surface area contributed by atoms with Gasteiger partial charge in [0.25, 0.3) is 5.91 Å². The fourth-order valence-corrected chi connectivity index (χ4v) is 5.84. The van der Waals surface area contributed by atoms with Gasteiger partial charge in [0.1, 0.15) is 28.2 Å². The molecular formula is C22H19Cl2F2N3O4. The summed E-state index contributed by atoms with van der Waals surface area (Å²) in [7, 11) is 0. The van der Waals surface area contributed by atoms with E-state index < -0.39 is 57.6 Å². The van der Waals surface area contributed by atoms with Crippen LogP contribution < -0.4 is 5.32 Å². The first-order valence-electron chi connectivity index (χ1n) is 10.5. The Morgan fingerprint density at radius 2 is 1.97 bits per heavy atom. The number of carbonyl (C=O) groups is 1. The van der Waals surface area contributed by atoms with E-state index in [4.69, 9.17) is 23.2 Å². The lowest BCUT2D eigenvalue weighted by molar-refractivity contribution is -0.528. The number of aliphatic hydroxyl groups excluding tert-OH is 1. The van der Waals surface area contributed by atoms with Gasteiger partial charge in [-0.15, -0.1) is 0 Å². The van der Waals surface area contributed by atoms with Crippen LogP contribution in [-0.2, 0) is 10.3 Å². The zero-order valence-corrected chi connectivity index (χ0v) is 18.6. The number of hydrogen-bond donors (Lipinski definition) is 2. The predicted octanol–water partition coefficient (Wildman–Crippen LogP) is 3.93. The van der Waals surface area contributed by atoms with Crippen molar-refractivity contribution in [2.75, 3.05) is 18.5 Å². The van der Waals surface area contributed by atoms with Gasteiger partial charge < -0.3 is 10.4 Å². The summed E-state index contributed by atoms with van der Waals surface area (Å²) in [6.07, 6.45) is 1.76. The maximum atomic E-state index is 15.4. The number of anilines is 1. The first-order chi connectivity index (χ1) is 15.7. The first-order valence-corrected chi connectivity index (χ1v) is 11.2. The number of rotatable bonds is 5. The summed E-state index contributed by atoms with van der Waals surface area (Å²) in [5.74, 6) is -3.96. The Balaban J connectivity index is 1.84. The second-order valence-electron chi connectivity index (χ2n) is 8.77. The molecular weight excluding hydrogens is 479 g/mol. The maximum Gasteiger partial charge on any atom is 0.250 e. The smallest absolute Gasteiger partial charge is 0.250 e. The number of nitrogens with one attached hydrogen (secondary N) is 1. The van der Waals surface area contributed by atoms with Gasteiger partial charge in [-0.05, 0) is 37.0 Å². The van der Waals surface area contributed by atoms with Crippen molar-refractivity contribution >= 4 is 34.8 Å². The summed E-state index contributed by atoms with van der Waals surface area (Å²) in [4.78, 5) is 27.1. The monoisotopic (exact) mass is 497 g/mol. The van der Waals surface area contributed by atoms with E-state index in [1.165, 1.54) is 6.07 Å². The molecule has 0 radical (unpaired) electrons. The average molecular weight is 498 g/mol. The predicted molar refractivity (Wildman–Crippen MR) is 117 cm³/mol. The highest BCUT2D eigenvalue weighted by Crippen LogP contribution is 2.59. The van der Waals surface area contributed by atoms with Gasteiger partial charge in [-0.2, -0.15) is 0 Å². The van der Waals surface area contributed by atoms with E-state index in [1.807, 2.05) is 0 Å². The molecule has 2 aromatic carbocycles. The molecule has 0 aromatic heterocycles. The molecule has 7 nitrogen and oxygen atoms in total. The van der Waals surface area contributed by atoms with Crippen LogP contribution in [0.1, 0.15) is 29.9 Å². The Morgan fingerprint density at radius 1 is 1.24 bits per heavy atom. The molecule has 0 bridgehead atoms. The normalized spacial score (nSPS) is 28.9. The molecule has 1 amide bonds. The highest BCUT2D eigenvalue weighted by atomic mass is 35.5. The largest absolute Gasteiger partial charge is 0.394 e. The van der Waals surface area contributed by atoms with Crippen molar-refractivity contribution < 1.29 is 23.6 Å². The van der Waals surface area contributed by atoms with Crippen molar-refractivity contribution in [2.45, 2.75) is 36.4 Å². The molecule has 0 unspecified atom stereocenters. The second-order valence-corrected chi connectivity index (χ2v) is 9.59. The molecule has 2 heterocycles. The van der Waals surface area contributed by atoms with Gasteiger partial charge in [0.05, 0.1) is 12.5 Å². The fraction of sp³-hybridized carbons (Fsp3) is 0.409. The minimum absolute atomic E-state index is 0.188. The lowest BCUT2D eigenvalue weighted by atomic mass is 9.73. The van der Waals surface area contributed by atoms with Gasteiger partial charge in [0.15, 0.2) is 0 Å². The molecule has 4 atom stereocenters. The molecule has 3 aliphatic rings. The van der Waals surface area contributed by atoms with Crippen LogP contribution in [0.15, 0.2) is 30.3 Å². The van der Waals surface area contributed by atoms with E-state index in [0.29, 0.717) is 22.8 Å². The number of benzene rings is 2. The molecule has 1 saturated heterocycles. The summed E-state index contributed by atoms with van der Waals surface area (Å²) in [5.41, 5.74) is -1.22. The van der Waals surface area contributed by atoms with Gasteiger partial charge in [0.2, 0.25) is 6.04 Å². The summed E-state index contributed by atoms with van der Waals surface area (Å²) < 4.78 is 29.3. The average Bonchev–Trinajstić information content (AvgIpc) is 3.48. The van der Waals surface area contributed by atoms with Crippen LogP contribution in [0.5, 0.6) is 0 Å². The summed E-state index contributed by atoms with van der Waals surface area (Å²) in [6, 6.07) is 4.04.